The first-order valence-corrected chi connectivity index (χ1v) is 13.3. The van der Waals surface area contributed by atoms with Gasteiger partial charge in [-0.2, -0.15) is 11.8 Å². The number of amides is 1. The molecule has 1 aromatic carbocycles. The number of likely N-dealkylation sites (tertiary alicyclic amines) is 1. The van der Waals surface area contributed by atoms with E-state index in [1.54, 1.807) is 13.8 Å². The molecule has 0 aliphatic carbocycles. The van der Waals surface area contributed by atoms with Gasteiger partial charge in [0.15, 0.2) is 0 Å². The van der Waals surface area contributed by atoms with Crippen LogP contribution in [-0.4, -0.2) is 83.8 Å². The molecule has 12 heteroatoms. The number of nitrogens with one attached hydrogen (secondary N) is 1. The van der Waals surface area contributed by atoms with Crippen LogP contribution in [0.5, 0.6) is 0 Å². The molecule has 11 nitrogen and oxygen atoms in total. The normalized spacial score (nSPS) is 16.7. The van der Waals surface area contributed by atoms with Gasteiger partial charge in [-0.05, 0) is 45.1 Å². The molecule has 3 atom stereocenters. The molecule has 3 unspecified atom stereocenters. The number of hydrogen-bond acceptors (Lipinski definition) is 10. The first-order chi connectivity index (χ1) is 17.3. The smallest absolute Gasteiger partial charge is 0.328 e. The number of ether oxygens (including phenoxy) is 2. The minimum Gasteiger partial charge on any atom is -0.465 e. The number of nitrogens with zero attached hydrogens (tertiary/aromatic N) is 2. The van der Waals surface area contributed by atoms with Gasteiger partial charge in [0.25, 0.3) is 5.09 Å². The predicted molar refractivity (Wildman–Crippen MR) is 134 cm³/mol. The number of carbonyl (C=O) groups excluding carboxylic acids is 3. The Morgan fingerprint density at radius 1 is 1.19 bits per heavy atom. The molecule has 1 aromatic rings. The lowest BCUT2D eigenvalue weighted by atomic mass is 10.0. The van der Waals surface area contributed by atoms with E-state index in [0.717, 1.165) is 5.56 Å². The molecular weight excluding hydrogens is 490 g/mol. The van der Waals surface area contributed by atoms with Gasteiger partial charge in [-0.3, -0.25) is 14.9 Å². The summed E-state index contributed by atoms with van der Waals surface area (Å²) in [5.74, 6) is -0.280. The Bertz CT molecular complexity index is 857. The second-order valence-electron chi connectivity index (χ2n) is 8.24. The van der Waals surface area contributed by atoms with Gasteiger partial charge in [0.05, 0.1) is 12.6 Å². The molecule has 0 saturated carbocycles. The molecule has 1 N–H and O–H groups in total. The number of carbonyl (C=O) groups is 3. The lowest BCUT2D eigenvalue weighted by molar-refractivity contribution is -0.756. The van der Waals surface area contributed by atoms with E-state index in [2.05, 4.69) is 10.2 Å². The van der Waals surface area contributed by atoms with Crippen molar-refractivity contribution in [2.75, 3.05) is 37.9 Å². The third kappa shape index (κ3) is 10.0. The molecule has 0 aromatic heterocycles. The van der Waals surface area contributed by atoms with Crippen LogP contribution >= 0.6 is 11.8 Å². The zero-order chi connectivity index (χ0) is 26.3. The summed E-state index contributed by atoms with van der Waals surface area (Å²) in [6.07, 6.45) is 2.31. The van der Waals surface area contributed by atoms with Crippen LogP contribution in [0.15, 0.2) is 30.3 Å². The van der Waals surface area contributed by atoms with E-state index in [-0.39, 0.29) is 25.7 Å². The minimum atomic E-state index is -0.847. The van der Waals surface area contributed by atoms with Crippen molar-refractivity contribution in [3.63, 3.8) is 0 Å². The van der Waals surface area contributed by atoms with Crippen LogP contribution in [0.25, 0.3) is 0 Å². The molecule has 1 amide bonds. The highest BCUT2D eigenvalue weighted by atomic mass is 32.2. The zero-order valence-electron chi connectivity index (χ0n) is 20.8. The van der Waals surface area contributed by atoms with Gasteiger partial charge in [0, 0.05) is 18.1 Å². The number of hydrogen-bond donors (Lipinski definition) is 1. The van der Waals surface area contributed by atoms with Gasteiger partial charge < -0.3 is 19.2 Å². The molecule has 0 spiro atoms. The van der Waals surface area contributed by atoms with E-state index >= 15 is 0 Å². The van der Waals surface area contributed by atoms with Crippen molar-refractivity contribution in [2.45, 2.75) is 57.7 Å². The maximum atomic E-state index is 13.2. The lowest BCUT2D eigenvalue weighted by Crippen LogP contribution is -2.53. The van der Waals surface area contributed by atoms with E-state index in [1.165, 1.54) is 16.7 Å². The van der Waals surface area contributed by atoms with E-state index in [4.69, 9.17) is 9.47 Å². The van der Waals surface area contributed by atoms with Crippen LogP contribution in [0, 0.1) is 10.1 Å². The van der Waals surface area contributed by atoms with Crippen LogP contribution in [0.2, 0.25) is 0 Å². The standard InChI is InChI=1S/C24H35N3O8S/c1-3-33-23(29)20(12-11-19-8-5-4-6-9-19)25-18(2)22(28)26-13-7-10-21(26)24(30)34-14-16-36-17-15-35-27(31)32/h4-6,8-9,18,20-21,25H,3,7,10-17H2,1-2H3. The van der Waals surface area contributed by atoms with Gasteiger partial charge >= 0.3 is 11.9 Å². The Kier molecular flexibility index (Phi) is 13.1. The molecular formula is C24H35N3O8S. The Morgan fingerprint density at radius 2 is 1.92 bits per heavy atom. The minimum absolute atomic E-state index is 0.0282. The molecule has 1 heterocycles. The Balaban J connectivity index is 1.85. The van der Waals surface area contributed by atoms with Gasteiger partial charge in [-0.25, -0.2) is 4.79 Å². The number of aryl methyl sites for hydroxylation is 1. The van der Waals surface area contributed by atoms with Gasteiger partial charge in [0.1, 0.15) is 25.3 Å². The first-order valence-electron chi connectivity index (χ1n) is 12.1. The molecule has 0 radical (unpaired) electrons. The van der Waals surface area contributed by atoms with Crippen LogP contribution < -0.4 is 5.32 Å². The van der Waals surface area contributed by atoms with Crippen molar-refractivity contribution >= 4 is 29.6 Å². The molecule has 1 aliphatic rings. The monoisotopic (exact) mass is 525 g/mol. The third-order valence-electron chi connectivity index (χ3n) is 5.66. The summed E-state index contributed by atoms with van der Waals surface area (Å²) in [7, 11) is 0. The van der Waals surface area contributed by atoms with E-state index in [9.17, 15) is 24.5 Å². The molecule has 2 rings (SSSR count). The molecule has 1 fully saturated rings. The van der Waals surface area contributed by atoms with Gasteiger partial charge in [-0.15, -0.1) is 10.1 Å². The third-order valence-corrected chi connectivity index (χ3v) is 6.57. The van der Waals surface area contributed by atoms with E-state index < -0.39 is 35.2 Å². The predicted octanol–water partition coefficient (Wildman–Crippen LogP) is 2.00. The van der Waals surface area contributed by atoms with Crippen molar-refractivity contribution in [1.29, 1.82) is 0 Å². The summed E-state index contributed by atoms with van der Waals surface area (Å²) in [5.41, 5.74) is 1.08. The average Bonchev–Trinajstić information content (AvgIpc) is 3.36. The summed E-state index contributed by atoms with van der Waals surface area (Å²) in [6, 6.07) is 7.74. The number of rotatable bonds is 16. The Labute approximate surface area is 215 Å². The highest BCUT2D eigenvalue weighted by Gasteiger charge is 2.38. The largest absolute Gasteiger partial charge is 0.465 e. The maximum absolute atomic E-state index is 13.2. The highest BCUT2D eigenvalue weighted by molar-refractivity contribution is 7.99. The SMILES string of the molecule is CCOC(=O)C(CCc1ccccc1)NC(C)C(=O)N1CCCC1C(=O)OCCSCCO[N+](=O)[O-]. The number of benzene rings is 1. The fourth-order valence-electron chi connectivity index (χ4n) is 3.94. The molecule has 0 bridgehead atoms. The molecule has 1 saturated heterocycles. The van der Waals surface area contributed by atoms with Crippen LogP contribution in [-0.2, 0) is 35.1 Å². The summed E-state index contributed by atoms with van der Waals surface area (Å²) in [4.78, 5) is 54.2. The van der Waals surface area contributed by atoms with Crippen LogP contribution in [0.3, 0.4) is 0 Å². The van der Waals surface area contributed by atoms with Gasteiger partial charge in [-0.1, -0.05) is 30.3 Å². The second kappa shape index (κ2) is 16.0. The topological polar surface area (TPSA) is 137 Å². The zero-order valence-corrected chi connectivity index (χ0v) is 21.6. The van der Waals surface area contributed by atoms with Crippen molar-refractivity contribution in [1.82, 2.24) is 10.2 Å². The summed E-state index contributed by atoms with van der Waals surface area (Å²) in [6.45, 7) is 4.21. The second-order valence-corrected chi connectivity index (χ2v) is 9.47. The fourth-order valence-corrected chi connectivity index (χ4v) is 4.53. The number of esters is 2. The van der Waals surface area contributed by atoms with Crippen molar-refractivity contribution < 1.29 is 33.8 Å². The molecule has 36 heavy (non-hydrogen) atoms. The summed E-state index contributed by atoms with van der Waals surface area (Å²) < 4.78 is 10.5. The molecule has 200 valence electrons. The van der Waals surface area contributed by atoms with E-state index in [1.807, 2.05) is 30.3 Å². The van der Waals surface area contributed by atoms with Crippen LogP contribution in [0.4, 0.5) is 0 Å². The molecule has 1 aliphatic heterocycles. The van der Waals surface area contributed by atoms with Crippen molar-refractivity contribution in [2.24, 2.45) is 0 Å². The fraction of sp³-hybridized carbons (Fsp3) is 0.625. The van der Waals surface area contributed by atoms with Crippen LogP contribution in [0.1, 0.15) is 38.7 Å². The quantitative estimate of drug-likeness (QED) is 0.148. The van der Waals surface area contributed by atoms with Crippen molar-refractivity contribution in [3.05, 3.63) is 46.0 Å². The Hall–Kier alpha value is -2.86. The van der Waals surface area contributed by atoms with Gasteiger partial charge in [0.2, 0.25) is 5.91 Å². The summed E-state index contributed by atoms with van der Waals surface area (Å²) in [5, 5.41) is 12.4. The summed E-state index contributed by atoms with van der Waals surface area (Å²) >= 11 is 1.37. The Morgan fingerprint density at radius 3 is 2.61 bits per heavy atom. The average molecular weight is 526 g/mol. The van der Waals surface area contributed by atoms with E-state index in [0.29, 0.717) is 43.7 Å². The number of thioether (sulfide) groups is 1. The first kappa shape index (κ1) is 29.4. The van der Waals surface area contributed by atoms with Crippen molar-refractivity contribution in [3.8, 4) is 0 Å². The highest BCUT2D eigenvalue weighted by Crippen LogP contribution is 2.20. The maximum Gasteiger partial charge on any atom is 0.328 e. The lowest BCUT2D eigenvalue weighted by Gasteiger charge is -2.28.